The summed E-state index contributed by atoms with van der Waals surface area (Å²) in [6, 6.07) is 6.79. The van der Waals surface area contributed by atoms with Crippen LogP contribution in [0.1, 0.15) is 24.2 Å². The Morgan fingerprint density at radius 1 is 1.16 bits per heavy atom. The van der Waals surface area contributed by atoms with Crippen LogP contribution in [-0.2, 0) is 10.0 Å². The molecule has 1 heterocycles. The molecule has 1 aliphatic rings. The van der Waals surface area contributed by atoms with Crippen LogP contribution < -0.4 is 15.8 Å². The molecular weight excluding hydrogens is 408 g/mol. The third-order valence-electron chi connectivity index (χ3n) is 4.46. The first kappa shape index (κ1) is 18.1. The van der Waals surface area contributed by atoms with Crippen LogP contribution in [0.25, 0.3) is 10.8 Å². The van der Waals surface area contributed by atoms with Crippen LogP contribution in [0.3, 0.4) is 0 Å². The lowest BCUT2D eigenvalue weighted by Gasteiger charge is -2.43. The van der Waals surface area contributed by atoms with Gasteiger partial charge in [0.2, 0.25) is 10.0 Å². The Labute approximate surface area is 154 Å². The molecule has 2 aromatic carbocycles. The van der Waals surface area contributed by atoms with Gasteiger partial charge in [0.05, 0.1) is 16.1 Å². The molecule has 0 aliphatic carbocycles. The van der Waals surface area contributed by atoms with Crippen molar-refractivity contribution < 1.29 is 13.2 Å². The standard InChI is InChI=1S/C16H19BrN4O3S/c1-3-20-12-6-5-9-7-11(17)13(25(19,23)24)8-10(9)14(12)15(22)21(4-2)16(20)18/h5-8,16H,3-4,18H2,1-2H3,(H2,19,23,24). The molecule has 1 aliphatic heterocycles. The molecule has 0 saturated carbocycles. The van der Waals surface area contributed by atoms with E-state index in [0.717, 1.165) is 5.39 Å². The maximum atomic E-state index is 13.0. The molecular formula is C16H19BrN4O3S. The van der Waals surface area contributed by atoms with Gasteiger partial charge in [0, 0.05) is 17.6 Å². The summed E-state index contributed by atoms with van der Waals surface area (Å²) >= 11 is 3.24. The fourth-order valence-electron chi connectivity index (χ4n) is 3.26. The van der Waals surface area contributed by atoms with Crippen molar-refractivity contribution in [3.05, 3.63) is 34.3 Å². The van der Waals surface area contributed by atoms with Gasteiger partial charge in [0.25, 0.3) is 5.91 Å². The number of hydrogen-bond donors (Lipinski definition) is 2. The van der Waals surface area contributed by atoms with E-state index >= 15 is 0 Å². The summed E-state index contributed by atoms with van der Waals surface area (Å²) in [5.74, 6) is -0.219. The van der Waals surface area contributed by atoms with Crippen LogP contribution in [0.15, 0.2) is 33.6 Å². The largest absolute Gasteiger partial charge is 0.339 e. The lowest BCUT2D eigenvalue weighted by molar-refractivity contribution is 0.0672. The summed E-state index contributed by atoms with van der Waals surface area (Å²) in [5, 5.41) is 6.59. The number of rotatable bonds is 3. The van der Waals surface area contributed by atoms with Gasteiger partial charge in [-0.05, 0) is 58.7 Å². The van der Waals surface area contributed by atoms with Gasteiger partial charge in [-0.3, -0.25) is 10.5 Å². The maximum absolute atomic E-state index is 13.0. The molecule has 0 saturated heterocycles. The number of carbonyl (C=O) groups excluding carboxylic acids is 1. The quantitative estimate of drug-likeness (QED) is 0.776. The second-order valence-electron chi connectivity index (χ2n) is 5.80. The Hall–Kier alpha value is -1.68. The number of nitrogens with two attached hydrogens (primary N) is 2. The minimum absolute atomic E-state index is 0.0535. The molecule has 25 heavy (non-hydrogen) atoms. The lowest BCUT2D eigenvalue weighted by Crippen LogP contribution is -2.60. The molecule has 1 unspecified atom stereocenters. The molecule has 4 N–H and O–H groups in total. The second-order valence-corrected chi connectivity index (χ2v) is 8.18. The highest BCUT2D eigenvalue weighted by Crippen LogP contribution is 2.37. The van der Waals surface area contributed by atoms with E-state index in [-0.39, 0.29) is 10.8 Å². The molecule has 3 rings (SSSR count). The van der Waals surface area contributed by atoms with E-state index < -0.39 is 16.3 Å². The van der Waals surface area contributed by atoms with Crippen molar-refractivity contribution in [2.75, 3.05) is 18.0 Å². The SMILES string of the molecule is CCN1C(=O)c2c(ccc3cc(Br)c(S(N)(=O)=O)cc23)N(CC)C1N. The number of benzene rings is 2. The Morgan fingerprint density at radius 2 is 1.80 bits per heavy atom. The number of nitrogens with zero attached hydrogens (tertiary/aromatic N) is 2. The minimum Gasteiger partial charge on any atom is -0.339 e. The summed E-state index contributed by atoms with van der Waals surface area (Å²) in [4.78, 5) is 16.4. The van der Waals surface area contributed by atoms with Crippen LogP contribution in [0.5, 0.6) is 0 Å². The van der Waals surface area contributed by atoms with Crippen molar-refractivity contribution in [2.45, 2.75) is 25.0 Å². The molecule has 0 fully saturated rings. The number of amides is 1. The third-order valence-corrected chi connectivity index (χ3v) is 6.33. The molecule has 134 valence electrons. The zero-order valence-corrected chi connectivity index (χ0v) is 16.3. The number of carbonyl (C=O) groups is 1. The van der Waals surface area contributed by atoms with Gasteiger partial charge < -0.3 is 9.80 Å². The number of anilines is 1. The molecule has 9 heteroatoms. The smallest absolute Gasteiger partial charge is 0.259 e. The van der Waals surface area contributed by atoms with E-state index in [1.54, 1.807) is 11.0 Å². The summed E-state index contributed by atoms with van der Waals surface area (Å²) in [7, 11) is -3.93. The van der Waals surface area contributed by atoms with Crippen molar-refractivity contribution in [1.82, 2.24) is 4.90 Å². The molecule has 0 radical (unpaired) electrons. The molecule has 1 atom stereocenters. The van der Waals surface area contributed by atoms with Crippen LogP contribution in [-0.4, -0.2) is 38.6 Å². The van der Waals surface area contributed by atoms with E-state index in [2.05, 4.69) is 15.9 Å². The predicted molar refractivity (Wildman–Crippen MR) is 101 cm³/mol. The number of halogens is 1. The maximum Gasteiger partial charge on any atom is 0.259 e. The average Bonchev–Trinajstić information content (AvgIpc) is 2.53. The van der Waals surface area contributed by atoms with Gasteiger partial charge in [0.15, 0.2) is 6.29 Å². The normalized spacial score (nSPS) is 18.0. The summed E-state index contributed by atoms with van der Waals surface area (Å²) in [6.07, 6.45) is -0.555. The number of fused-ring (bicyclic) bond motifs is 3. The van der Waals surface area contributed by atoms with Gasteiger partial charge in [0.1, 0.15) is 0 Å². The van der Waals surface area contributed by atoms with Gasteiger partial charge in [-0.2, -0.15) is 0 Å². The lowest BCUT2D eigenvalue weighted by atomic mass is 9.98. The zero-order chi connectivity index (χ0) is 18.5. The van der Waals surface area contributed by atoms with Crippen molar-refractivity contribution >= 4 is 48.3 Å². The van der Waals surface area contributed by atoms with Crippen LogP contribution in [0.4, 0.5) is 5.69 Å². The van der Waals surface area contributed by atoms with E-state index in [4.69, 9.17) is 10.9 Å². The monoisotopic (exact) mass is 426 g/mol. The average molecular weight is 427 g/mol. The summed E-state index contributed by atoms with van der Waals surface area (Å²) in [6.45, 7) is 4.87. The van der Waals surface area contributed by atoms with E-state index in [0.29, 0.717) is 34.2 Å². The van der Waals surface area contributed by atoms with Crippen LogP contribution in [0.2, 0.25) is 0 Å². The molecule has 0 bridgehead atoms. The second kappa shape index (κ2) is 6.24. The highest BCUT2D eigenvalue weighted by atomic mass is 79.9. The van der Waals surface area contributed by atoms with Crippen molar-refractivity contribution in [2.24, 2.45) is 10.9 Å². The number of hydrogen-bond acceptors (Lipinski definition) is 5. The Bertz CT molecular complexity index is 977. The molecule has 1 amide bonds. The highest BCUT2D eigenvalue weighted by molar-refractivity contribution is 9.10. The van der Waals surface area contributed by atoms with Gasteiger partial charge >= 0.3 is 0 Å². The number of primary sulfonamides is 1. The Kier molecular flexibility index (Phi) is 4.52. The van der Waals surface area contributed by atoms with Gasteiger partial charge in [-0.15, -0.1) is 0 Å². The Balaban J connectivity index is 2.40. The van der Waals surface area contributed by atoms with Crippen molar-refractivity contribution in [3.8, 4) is 0 Å². The number of sulfonamides is 1. The molecule has 0 aromatic heterocycles. The summed E-state index contributed by atoms with van der Waals surface area (Å²) < 4.78 is 24.1. The third kappa shape index (κ3) is 2.80. The van der Waals surface area contributed by atoms with Gasteiger partial charge in [-0.1, -0.05) is 6.07 Å². The van der Waals surface area contributed by atoms with Crippen molar-refractivity contribution in [1.29, 1.82) is 0 Å². The first-order valence-corrected chi connectivity index (χ1v) is 10.2. The summed E-state index contributed by atoms with van der Waals surface area (Å²) in [5.41, 5.74) is 7.36. The van der Waals surface area contributed by atoms with Crippen molar-refractivity contribution in [3.63, 3.8) is 0 Å². The highest BCUT2D eigenvalue weighted by Gasteiger charge is 2.35. The topological polar surface area (TPSA) is 110 Å². The molecule has 7 nitrogen and oxygen atoms in total. The van der Waals surface area contributed by atoms with Crippen LogP contribution >= 0.6 is 15.9 Å². The fourth-order valence-corrected chi connectivity index (χ4v) is 4.91. The Morgan fingerprint density at radius 3 is 2.36 bits per heavy atom. The van der Waals surface area contributed by atoms with Gasteiger partial charge in [-0.25, -0.2) is 13.6 Å². The molecule has 0 spiro atoms. The first-order valence-electron chi connectivity index (χ1n) is 7.83. The zero-order valence-electron chi connectivity index (χ0n) is 13.9. The molecule has 2 aromatic rings. The van der Waals surface area contributed by atoms with E-state index in [9.17, 15) is 13.2 Å². The van der Waals surface area contributed by atoms with E-state index in [1.807, 2.05) is 30.9 Å². The van der Waals surface area contributed by atoms with E-state index in [1.165, 1.54) is 6.07 Å². The predicted octanol–water partition coefficient (Wildman–Crippen LogP) is 1.79. The first-order chi connectivity index (χ1) is 11.7. The van der Waals surface area contributed by atoms with Crippen LogP contribution in [0, 0.1) is 0 Å². The minimum atomic E-state index is -3.93. The fraction of sp³-hybridized carbons (Fsp3) is 0.312.